The van der Waals surface area contributed by atoms with E-state index in [9.17, 15) is 13.2 Å². The highest BCUT2D eigenvalue weighted by Gasteiger charge is 2.27. The first-order valence-corrected chi connectivity index (χ1v) is 9.00. The molecule has 1 aromatic carbocycles. The Morgan fingerprint density at radius 2 is 1.65 bits per heavy atom. The molecule has 23 heavy (non-hydrogen) atoms. The third kappa shape index (κ3) is 3.62. The SMILES string of the molecule is CC1=C(Cl)C(=O)C(C(C)C)=C/C1=N/S(=O)(=O)c1ccc(C)cc1. The van der Waals surface area contributed by atoms with Crippen LogP contribution in [0.1, 0.15) is 26.3 Å². The number of allylic oxidation sites excluding steroid dienone is 4. The van der Waals surface area contributed by atoms with Crippen LogP contribution in [-0.2, 0) is 14.8 Å². The minimum atomic E-state index is -3.86. The van der Waals surface area contributed by atoms with E-state index in [1.165, 1.54) is 18.2 Å². The summed E-state index contributed by atoms with van der Waals surface area (Å²) >= 11 is 6.06. The van der Waals surface area contributed by atoms with E-state index >= 15 is 0 Å². The van der Waals surface area contributed by atoms with Gasteiger partial charge in [-0.3, -0.25) is 4.79 Å². The second-order valence-corrected chi connectivity index (χ2v) is 7.77. The highest BCUT2D eigenvalue weighted by Crippen LogP contribution is 2.28. The summed E-state index contributed by atoms with van der Waals surface area (Å²) in [6.07, 6.45) is 1.51. The van der Waals surface area contributed by atoms with Crippen LogP contribution in [0.2, 0.25) is 0 Å². The molecule has 0 aromatic heterocycles. The molecule has 0 atom stereocenters. The molecule has 0 heterocycles. The highest BCUT2D eigenvalue weighted by atomic mass is 35.5. The number of ketones is 1. The van der Waals surface area contributed by atoms with Gasteiger partial charge in [-0.1, -0.05) is 43.1 Å². The third-order valence-electron chi connectivity index (χ3n) is 3.63. The number of Topliss-reactive ketones (excluding diaryl/α,β-unsaturated/α-hetero) is 1. The lowest BCUT2D eigenvalue weighted by Crippen LogP contribution is -2.19. The molecular weight excluding hydrogens is 334 g/mol. The van der Waals surface area contributed by atoms with Gasteiger partial charge in [-0.15, -0.1) is 0 Å². The van der Waals surface area contributed by atoms with E-state index in [1.807, 2.05) is 20.8 Å². The van der Waals surface area contributed by atoms with Gasteiger partial charge in [-0.05, 0) is 43.5 Å². The topological polar surface area (TPSA) is 63.6 Å². The summed E-state index contributed by atoms with van der Waals surface area (Å²) < 4.78 is 28.8. The van der Waals surface area contributed by atoms with Crippen LogP contribution in [0.25, 0.3) is 0 Å². The Morgan fingerprint density at radius 3 is 2.17 bits per heavy atom. The molecule has 0 unspecified atom stereocenters. The van der Waals surface area contributed by atoms with Crippen LogP contribution in [0.4, 0.5) is 0 Å². The molecule has 0 amide bonds. The molecule has 0 saturated carbocycles. The van der Waals surface area contributed by atoms with Crippen molar-refractivity contribution in [3.8, 4) is 0 Å². The van der Waals surface area contributed by atoms with E-state index in [0.717, 1.165) is 5.56 Å². The van der Waals surface area contributed by atoms with E-state index in [-0.39, 0.29) is 27.3 Å². The number of hydrogen-bond donors (Lipinski definition) is 0. The summed E-state index contributed by atoms with van der Waals surface area (Å²) in [5, 5.41) is 0.0223. The van der Waals surface area contributed by atoms with Crippen molar-refractivity contribution < 1.29 is 13.2 Å². The van der Waals surface area contributed by atoms with Gasteiger partial charge in [-0.2, -0.15) is 12.8 Å². The van der Waals surface area contributed by atoms with Gasteiger partial charge in [0.25, 0.3) is 10.0 Å². The molecular formula is C17H18ClNO3S. The number of sulfonamides is 1. The first kappa shape index (κ1) is 17.6. The maximum atomic E-state index is 12.5. The number of benzene rings is 1. The van der Waals surface area contributed by atoms with Crippen molar-refractivity contribution in [1.82, 2.24) is 0 Å². The maximum absolute atomic E-state index is 12.5. The first-order chi connectivity index (χ1) is 10.6. The zero-order chi connectivity index (χ0) is 17.4. The lowest BCUT2D eigenvalue weighted by atomic mass is 9.90. The second kappa shape index (κ2) is 6.42. The fourth-order valence-electron chi connectivity index (χ4n) is 2.15. The summed E-state index contributed by atoms with van der Waals surface area (Å²) in [6, 6.07) is 6.44. The Bertz CT molecular complexity index is 844. The fourth-order valence-corrected chi connectivity index (χ4v) is 3.39. The minimum absolute atomic E-state index is 0.0223. The minimum Gasteiger partial charge on any atom is -0.288 e. The van der Waals surface area contributed by atoms with Crippen LogP contribution in [0.15, 0.2) is 55.8 Å². The predicted molar refractivity (Wildman–Crippen MR) is 92.3 cm³/mol. The van der Waals surface area contributed by atoms with Gasteiger partial charge in [0.15, 0.2) is 0 Å². The molecule has 1 aromatic rings. The second-order valence-electron chi connectivity index (χ2n) is 5.79. The van der Waals surface area contributed by atoms with Gasteiger partial charge < -0.3 is 0 Å². The van der Waals surface area contributed by atoms with Crippen LogP contribution in [-0.4, -0.2) is 19.9 Å². The Labute approximate surface area is 141 Å². The number of carbonyl (C=O) groups excluding carboxylic acids is 1. The molecule has 0 bridgehead atoms. The van der Waals surface area contributed by atoms with Crippen LogP contribution in [0.5, 0.6) is 0 Å². The molecule has 4 nitrogen and oxygen atoms in total. The number of rotatable bonds is 3. The Hall–Kier alpha value is -1.72. The van der Waals surface area contributed by atoms with Gasteiger partial charge in [-0.25, -0.2) is 0 Å². The van der Waals surface area contributed by atoms with E-state index < -0.39 is 10.0 Å². The van der Waals surface area contributed by atoms with E-state index in [1.54, 1.807) is 19.1 Å². The average Bonchev–Trinajstić information content (AvgIpc) is 2.48. The number of halogens is 1. The lowest BCUT2D eigenvalue weighted by Gasteiger charge is -2.17. The van der Waals surface area contributed by atoms with Crippen LogP contribution >= 0.6 is 11.6 Å². The summed E-state index contributed by atoms with van der Waals surface area (Å²) in [5.74, 6) is -0.345. The zero-order valence-corrected chi connectivity index (χ0v) is 15.0. The van der Waals surface area contributed by atoms with Crippen molar-refractivity contribution in [2.45, 2.75) is 32.6 Å². The maximum Gasteiger partial charge on any atom is 0.282 e. The van der Waals surface area contributed by atoms with Gasteiger partial charge in [0.2, 0.25) is 5.78 Å². The largest absolute Gasteiger partial charge is 0.288 e. The van der Waals surface area contributed by atoms with Gasteiger partial charge in [0.1, 0.15) is 0 Å². The molecule has 122 valence electrons. The normalized spacial score (nSPS) is 17.9. The summed E-state index contributed by atoms with van der Waals surface area (Å²) in [5.41, 5.74) is 2.00. The number of nitrogens with zero attached hydrogens (tertiary/aromatic N) is 1. The van der Waals surface area contributed by atoms with Crippen molar-refractivity contribution in [1.29, 1.82) is 0 Å². The fraction of sp³-hybridized carbons (Fsp3) is 0.294. The summed E-state index contributed by atoms with van der Waals surface area (Å²) in [6.45, 7) is 7.16. The third-order valence-corrected chi connectivity index (χ3v) is 5.39. The Kier molecular flexibility index (Phi) is 4.92. The van der Waals surface area contributed by atoms with Crippen molar-refractivity contribution in [2.75, 3.05) is 0 Å². The zero-order valence-electron chi connectivity index (χ0n) is 13.4. The number of aryl methyl sites for hydroxylation is 1. The smallest absolute Gasteiger partial charge is 0.282 e. The van der Waals surface area contributed by atoms with E-state index in [4.69, 9.17) is 11.6 Å². The first-order valence-electron chi connectivity index (χ1n) is 7.18. The molecule has 0 spiro atoms. The molecule has 6 heteroatoms. The number of hydrogen-bond acceptors (Lipinski definition) is 3. The van der Waals surface area contributed by atoms with Crippen molar-refractivity contribution in [3.05, 3.63) is 52.1 Å². The van der Waals surface area contributed by atoms with Gasteiger partial charge in [0.05, 0.1) is 15.6 Å². The van der Waals surface area contributed by atoms with Crippen LogP contribution in [0, 0.1) is 12.8 Å². The molecule has 2 rings (SSSR count). The van der Waals surface area contributed by atoms with Crippen molar-refractivity contribution in [2.24, 2.45) is 10.3 Å². The molecule has 0 radical (unpaired) electrons. The molecule has 0 fully saturated rings. The number of carbonyl (C=O) groups is 1. The monoisotopic (exact) mass is 351 g/mol. The van der Waals surface area contributed by atoms with Gasteiger partial charge in [0, 0.05) is 5.57 Å². The Balaban J connectivity index is 2.56. The van der Waals surface area contributed by atoms with Crippen molar-refractivity contribution in [3.63, 3.8) is 0 Å². The summed E-state index contributed by atoms with van der Waals surface area (Å²) in [7, 11) is -3.86. The van der Waals surface area contributed by atoms with Crippen LogP contribution < -0.4 is 0 Å². The molecule has 0 aliphatic heterocycles. The van der Waals surface area contributed by atoms with Crippen molar-refractivity contribution >= 4 is 33.1 Å². The molecule has 1 aliphatic rings. The molecule has 0 N–H and O–H groups in total. The van der Waals surface area contributed by atoms with Gasteiger partial charge >= 0.3 is 0 Å². The van der Waals surface area contributed by atoms with E-state index in [0.29, 0.717) is 11.1 Å². The standard InChI is InChI=1S/C17H18ClNO3S/c1-10(2)14-9-15(12(4)16(18)17(14)20)19-23(21,22)13-7-5-11(3)6-8-13/h5-10H,1-4H3/b19-15-. The highest BCUT2D eigenvalue weighted by molar-refractivity contribution is 7.90. The molecule has 0 saturated heterocycles. The van der Waals surface area contributed by atoms with Crippen LogP contribution in [0.3, 0.4) is 0 Å². The molecule has 1 aliphatic carbocycles. The average molecular weight is 352 g/mol. The summed E-state index contributed by atoms with van der Waals surface area (Å²) in [4.78, 5) is 12.2. The quantitative estimate of drug-likeness (QED) is 0.778. The lowest BCUT2D eigenvalue weighted by molar-refractivity contribution is -0.112. The van der Waals surface area contributed by atoms with E-state index in [2.05, 4.69) is 4.40 Å². The Morgan fingerprint density at radius 1 is 1.09 bits per heavy atom. The predicted octanol–water partition coefficient (Wildman–Crippen LogP) is 3.80.